The predicted molar refractivity (Wildman–Crippen MR) is 122 cm³/mol. The molecule has 5 rings (SSSR count). The first-order valence-corrected chi connectivity index (χ1v) is 11.0. The molecule has 0 saturated heterocycles. The Kier molecular flexibility index (Phi) is 5.71. The highest BCUT2D eigenvalue weighted by Crippen LogP contribution is 2.36. The molecule has 0 aliphatic heterocycles. The second-order valence-corrected chi connectivity index (χ2v) is 8.63. The van der Waals surface area contributed by atoms with Gasteiger partial charge in [-0.3, -0.25) is 4.98 Å². The molecule has 0 aromatic carbocycles. The molecule has 7 heteroatoms. The van der Waals surface area contributed by atoms with E-state index in [0.29, 0.717) is 35.4 Å². The van der Waals surface area contributed by atoms with Crippen LogP contribution in [0.25, 0.3) is 28.0 Å². The second kappa shape index (κ2) is 8.94. The lowest BCUT2D eigenvalue weighted by molar-refractivity contribution is 0.265. The number of H-pyrrole nitrogens is 1. The highest BCUT2D eigenvalue weighted by molar-refractivity contribution is 5.90. The minimum Gasteiger partial charge on any atom is -0.345 e. The summed E-state index contributed by atoms with van der Waals surface area (Å²) in [4.78, 5) is 24.4. The number of allylic oxidation sites excluding steroid dienone is 1. The highest BCUT2D eigenvalue weighted by atomic mass is 19.1. The SMILES string of the molecule is C=C(C[C@H]1CCC[C@@H](Cc2nc(-c3c[nH]c4ncncc34)ncc2F)C1)c1cccnc1. The maximum atomic E-state index is 14.6. The first-order chi connectivity index (χ1) is 15.7. The number of nitrogens with one attached hydrogen (secondary N) is 1. The average molecular weight is 429 g/mol. The van der Waals surface area contributed by atoms with E-state index >= 15 is 0 Å². The van der Waals surface area contributed by atoms with Crippen LogP contribution in [-0.2, 0) is 6.42 Å². The van der Waals surface area contributed by atoms with E-state index in [4.69, 9.17) is 0 Å². The predicted octanol–water partition coefficient (Wildman–Crippen LogP) is 5.40. The van der Waals surface area contributed by atoms with Gasteiger partial charge in [0.2, 0.25) is 0 Å². The monoisotopic (exact) mass is 428 g/mol. The fraction of sp³-hybridized carbons (Fsp3) is 0.320. The van der Waals surface area contributed by atoms with E-state index in [1.807, 2.05) is 12.3 Å². The van der Waals surface area contributed by atoms with Crippen LogP contribution in [0, 0.1) is 17.7 Å². The summed E-state index contributed by atoms with van der Waals surface area (Å²) in [5, 5.41) is 0.830. The van der Waals surface area contributed by atoms with Gasteiger partial charge in [0.15, 0.2) is 11.6 Å². The molecule has 6 nitrogen and oxygen atoms in total. The van der Waals surface area contributed by atoms with Gasteiger partial charge in [-0.15, -0.1) is 0 Å². The van der Waals surface area contributed by atoms with Crippen LogP contribution in [-0.4, -0.2) is 29.9 Å². The third-order valence-electron chi connectivity index (χ3n) is 6.39. The zero-order valence-corrected chi connectivity index (χ0v) is 17.8. The summed E-state index contributed by atoms with van der Waals surface area (Å²) in [5.74, 6) is 1.11. The van der Waals surface area contributed by atoms with E-state index in [1.54, 1.807) is 18.6 Å². The van der Waals surface area contributed by atoms with Crippen molar-refractivity contribution in [3.63, 3.8) is 0 Å². The largest absolute Gasteiger partial charge is 0.345 e. The van der Waals surface area contributed by atoms with Gasteiger partial charge in [-0.25, -0.2) is 24.3 Å². The first-order valence-electron chi connectivity index (χ1n) is 11.0. The van der Waals surface area contributed by atoms with Crippen molar-refractivity contribution < 1.29 is 4.39 Å². The van der Waals surface area contributed by atoms with Gasteiger partial charge in [0.05, 0.1) is 11.9 Å². The molecule has 32 heavy (non-hydrogen) atoms. The summed E-state index contributed by atoms with van der Waals surface area (Å²) in [6.07, 6.45) is 16.0. The molecule has 1 aliphatic rings. The number of rotatable bonds is 6. The lowest BCUT2D eigenvalue weighted by atomic mass is 9.76. The Hall–Kier alpha value is -3.48. The molecule has 0 amide bonds. The zero-order valence-electron chi connectivity index (χ0n) is 17.8. The number of hydrogen-bond donors (Lipinski definition) is 1. The minimum absolute atomic E-state index is 0.341. The van der Waals surface area contributed by atoms with Crippen LogP contribution in [0.1, 0.15) is 43.4 Å². The fourth-order valence-corrected chi connectivity index (χ4v) is 4.81. The Balaban J connectivity index is 1.30. The van der Waals surface area contributed by atoms with E-state index in [-0.39, 0.29) is 5.82 Å². The number of nitrogens with zero attached hydrogens (tertiary/aromatic N) is 5. The second-order valence-electron chi connectivity index (χ2n) is 8.63. The summed E-state index contributed by atoms with van der Waals surface area (Å²) >= 11 is 0. The smallest absolute Gasteiger partial charge is 0.163 e. The summed E-state index contributed by atoms with van der Waals surface area (Å²) in [6, 6.07) is 4.00. The van der Waals surface area contributed by atoms with Gasteiger partial charge in [0, 0.05) is 35.7 Å². The van der Waals surface area contributed by atoms with Crippen LogP contribution in [0.5, 0.6) is 0 Å². The van der Waals surface area contributed by atoms with Crippen molar-refractivity contribution in [1.29, 1.82) is 0 Å². The molecule has 162 valence electrons. The molecule has 1 fully saturated rings. The molecule has 0 bridgehead atoms. The molecule has 0 spiro atoms. The summed E-state index contributed by atoms with van der Waals surface area (Å²) in [5.41, 5.74) is 4.21. The minimum atomic E-state index is -0.341. The Bertz CT molecular complexity index is 1240. The van der Waals surface area contributed by atoms with Crippen molar-refractivity contribution in [2.75, 3.05) is 0 Å². The number of hydrogen-bond acceptors (Lipinski definition) is 5. The fourth-order valence-electron chi connectivity index (χ4n) is 4.81. The Morgan fingerprint density at radius 1 is 1.12 bits per heavy atom. The van der Waals surface area contributed by atoms with Crippen LogP contribution in [0.3, 0.4) is 0 Å². The quantitative estimate of drug-likeness (QED) is 0.445. The van der Waals surface area contributed by atoms with Crippen LogP contribution in [0.4, 0.5) is 4.39 Å². The van der Waals surface area contributed by atoms with E-state index in [9.17, 15) is 4.39 Å². The van der Waals surface area contributed by atoms with Crippen molar-refractivity contribution in [2.45, 2.75) is 38.5 Å². The van der Waals surface area contributed by atoms with Crippen molar-refractivity contribution in [3.05, 3.63) is 73.1 Å². The number of halogens is 1. The number of fused-ring (bicyclic) bond motifs is 1. The molecule has 1 saturated carbocycles. The molecule has 4 aromatic rings. The highest BCUT2D eigenvalue weighted by Gasteiger charge is 2.25. The standard InChI is InChI=1S/C25H25FN6/c1-16(19-6-3-7-27-11-19)8-17-4-2-5-18(9-17)10-23-22(26)14-30-25(32-23)21-13-29-24-20(21)12-28-15-31-24/h3,6-7,11-15,17-18H,1-2,4-5,8-10H2,(H,28,29,31)/t17-,18-/m1/s1. The molecule has 2 atom stereocenters. The first kappa shape index (κ1) is 20.4. The molecule has 0 radical (unpaired) electrons. The van der Waals surface area contributed by atoms with Crippen LogP contribution < -0.4 is 0 Å². The van der Waals surface area contributed by atoms with Crippen molar-refractivity contribution in [1.82, 2.24) is 29.9 Å². The molecular weight excluding hydrogens is 403 g/mol. The van der Waals surface area contributed by atoms with Crippen molar-refractivity contribution in [2.24, 2.45) is 11.8 Å². The van der Waals surface area contributed by atoms with E-state index in [1.165, 1.54) is 18.9 Å². The van der Waals surface area contributed by atoms with E-state index in [2.05, 4.69) is 42.5 Å². The zero-order chi connectivity index (χ0) is 21.9. The van der Waals surface area contributed by atoms with Gasteiger partial charge >= 0.3 is 0 Å². The Morgan fingerprint density at radius 3 is 2.91 bits per heavy atom. The average Bonchev–Trinajstić information content (AvgIpc) is 3.26. The van der Waals surface area contributed by atoms with Crippen molar-refractivity contribution >= 4 is 16.6 Å². The molecule has 1 N–H and O–H groups in total. The van der Waals surface area contributed by atoms with Crippen molar-refractivity contribution in [3.8, 4) is 11.4 Å². The Labute approximate surface area is 186 Å². The van der Waals surface area contributed by atoms with Gasteiger partial charge in [0.1, 0.15) is 12.0 Å². The molecule has 4 aromatic heterocycles. The molecular formula is C25H25FN6. The van der Waals surface area contributed by atoms with Gasteiger partial charge in [-0.1, -0.05) is 31.9 Å². The summed E-state index contributed by atoms with van der Waals surface area (Å²) < 4.78 is 14.6. The third kappa shape index (κ3) is 4.28. The van der Waals surface area contributed by atoms with Crippen LogP contribution in [0.2, 0.25) is 0 Å². The van der Waals surface area contributed by atoms with E-state index < -0.39 is 0 Å². The number of aromatic amines is 1. The van der Waals surface area contributed by atoms with Gasteiger partial charge in [0.25, 0.3) is 0 Å². The number of aromatic nitrogens is 6. The van der Waals surface area contributed by atoms with Gasteiger partial charge in [-0.2, -0.15) is 0 Å². The van der Waals surface area contributed by atoms with Gasteiger partial charge < -0.3 is 4.98 Å². The van der Waals surface area contributed by atoms with Gasteiger partial charge in [-0.05, 0) is 48.3 Å². The molecule has 0 unspecified atom stereocenters. The Morgan fingerprint density at radius 2 is 2.03 bits per heavy atom. The number of pyridine rings is 1. The molecule has 1 aliphatic carbocycles. The summed E-state index contributed by atoms with van der Waals surface area (Å²) in [6.45, 7) is 4.27. The lowest BCUT2D eigenvalue weighted by Crippen LogP contribution is -2.19. The van der Waals surface area contributed by atoms with Crippen LogP contribution >= 0.6 is 0 Å². The van der Waals surface area contributed by atoms with E-state index in [0.717, 1.165) is 47.8 Å². The normalized spacial score (nSPS) is 18.7. The molecule has 4 heterocycles. The lowest BCUT2D eigenvalue weighted by Gasteiger charge is -2.29. The topological polar surface area (TPSA) is 80.2 Å². The van der Waals surface area contributed by atoms with Crippen LogP contribution in [0.15, 0.2) is 56.0 Å². The maximum Gasteiger partial charge on any atom is 0.163 e. The third-order valence-corrected chi connectivity index (χ3v) is 6.39. The summed E-state index contributed by atoms with van der Waals surface area (Å²) in [7, 11) is 0. The maximum absolute atomic E-state index is 14.6.